The SMILES string of the molecule is CC(C)(C)C.CC(C)(C)C.CC(C)(C)C.CC(C)(C)C.c1ccc2[nH]ccc2c1.c1ccc2c(c1)CCC2. The fraction of sp³-hybridized carbons (Fsp3) is 0.622. The number of aryl methyl sites for hydroxylation is 2. The second kappa shape index (κ2) is 17.5. The minimum absolute atomic E-state index is 0.500. The number of nitrogens with one attached hydrogen (secondary N) is 1. The Morgan fingerprint density at radius 1 is 0.447 bits per heavy atom. The first-order valence-electron chi connectivity index (χ1n) is 14.5. The summed E-state index contributed by atoms with van der Waals surface area (Å²) in [5.41, 5.74) is 6.34. The van der Waals surface area contributed by atoms with Crippen molar-refractivity contribution < 1.29 is 0 Å². The summed E-state index contributed by atoms with van der Waals surface area (Å²) in [7, 11) is 0. The van der Waals surface area contributed by atoms with E-state index in [2.05, 4.69) is 158 Å². The highest BCUT2D eigenvalue weighted by atomic mass is 14.7. The van der Waals surface area contributed by atoms with Gasteiger partial charge in [-0.1, -0.05) is 153 Å². The van der Waals surface area contributed by atoms with Crippen molar-refractivity contribution in [2.75, 3.05) is 0 Å². The van der Waals surface area contributed by atoms with Gasteiger partial charge < -0.3 is 4.98 Å². The first-order valence-corrected chi connectivity index (χ1v) is 14.5. The van der Waals surface area contributed by atoms with E-state index in [4.69, 9.17) is 0 Å². The lowest BCUT2D eigenvalue weighted by atomic mass is 10.0. The van der Waals surface area contributed by atoms with Gasteiger partial charge in [-0.05, 0) is 69.6 Å². The van der Waals surface area contributed by atoms with Crippen LogP contribution in [0.3, 0.4) is 0 Å². The van der Waals surface area contributed by atoms with Crippen molar-refractivity contribution in [2.24, 2.45) is 21.7 Å². The third kappa shape index (κ3) is 36.1. The molecule has 1 N–H and O–H groups in total. The van der Waals surface area contributed by atoms with Gasteiger partial charge in [0, 0.05) is 11.7 Å². The van der Waals surface area contributed by atoms with E-state index in [9.17, 15) is 0 Å². The molecule has 0 spiro atoms. The number of hydrogen-bond acceptors (Lipinski definition) is 0. The van der Waals surface area contributed by atoms with Crippen molar-refractivity contribution in [3.63, 3.8) is 0 Å². The van der Waals surface area contributed by atoms with Gasteiger partial charge in [-0.2, -0.15) is 0 Å². The molecule has 0 unspecified atom stereocenters. The average Bonchev–Trinajstić information content (AvgIpc) is 3.32. The predicted octanol–water partition coefficient (Wildman–Crippen LogP) is 12.6. The highest BCUT2D eigenvalue weighted by Gasteiger charge is 2.07. The van der Waals surface area contributed by atoms with Crippen molar-refractivity contribution in [1.82, 2.24) is 4.98 Å². The molecule has 0 amide bonds. The van der Waals surface area contributed by atoms with Crippen molar-refractivity contribution >= 4 is 10.9 Å². The van der Waals surface area contributed by atoms with Crippen LogP contribution < -0.4 is 0 Å². The van der Waals surface area contributed by atoms with Crippen LogP contribution in [0.2, 0.25) is 0 Å². The molecule has 4 rings (SSSR count). The third-order valence-corrected chi connectivity index (χ3v) is 3.47. The Morgan fingerprint density at radius 2 is 0.763 bits per heavy atom. The molecule has 2 aromatic carbocycles. The van der Waals surface area contributed by atoms with Crippen LogP contribution in [0, 0.1) is 21.7 Å². The molecule has 1 aliphatic carbocycles. The monoisotopic (exact) mass is 524 g/mol. The van der Waals surface area contributed by atoms with E-state index >= 15 is 0 Å². The minimum Gasteiger partial charge on any atom is -0.361 e. The molecule has 0 aliphatic heterocycles. The summed E-state index contributed by atoms with van der Waals surface area (Å²) in [4.78, 5) is 3.12. The van der Waals surface area contributed by atoms with Crippen LogP contribution in [0.15, 0.2) is 60.8 Å². The molecule has 0 atom stereocenters. The largest absolute Gasteiger partial charge is 0.361 e. The molecule has 0 bridgehead atoms. The van der Waals surface area contributed by atoms with Crippen molar-refractivity contribution in [3.05, 3.63) is 71.9 Å². The fourth-order valence-electron chi connectivity index (χ4n) is 2.51. The van der Waals surface area contributed by atoms with Crippen LogP contribution in [0.25, 0.3) is 10.9 Å². The van der Waals surface area contributed by atoms with Gasteiger partial charge in [0.2, 0.25) is 0 Å². The number of para-hydroxylation sites is 1. The number of H-pyrrole nitrogens is 1. The third-order valence-electron chi connectivity index (χ3n) is 3.47. The van der Waals surface area contributed by atoms with Gasteiger partial charge in [0.1, 0.15) is 0 Å². The van der Waals surface area contributed by atoms with E-state index in [0.717, 1.165) is 0 Å². The van der Waals surface area contributed by atoms with Crippen molar-refractivity contribution in [1.29, 1.82) is 0 Å². The summed E-state index contributed by atoms with van der Waals surface area (Å²) in [6.45, 7) is 35.0. The van der Waals surface area contributed by atoms with E-state index in [1.807, 2.05) is 18.3 Å². The number of hydrogen-bond donors (Lipinski definition) is 1. The van der Waals surface area contributed by atoms with E-state index < -0.39 is 0 Å². The maximum Gasteiger partial charge on any atom is 0.0453 e. The van der Waals surface area contributed by atoms with Crippen LogP contribution in [-0.2, 0) is 12.8 Å². The van der Waals surface area contributed by atoms with Gasteiger partial charge in [-0.25, -0.2) is 0 Å². The van der Waals surface area contributed by atoms with E-state index in [0.29, 0.717) is 21.7 Å². The molecule has 0 saturated heterocycles. The zero-order valence-corrected chi connectivity index (χ0v) is 28.4. The summed E-state index contributed by atoms with van der Waals surface area (Å²) in [6.07, 6.45) is 5.91. The summed E-state index contributed by atoms with van der Waals surface area (Å²) in [5, 5.41) is 1.28. The molecular weight excluding hydrogens is 458 g/mol. The predicted molar refractivity (Wildman–Crippen MR) is 177 cm³/mol. The summed E-state index contributed by atoms with van der Waals surface area (Å²) < 4.78 is 0. The maximum atomic E-state index is 3.12. The number of aromatic amines is 1. The van der Waals surface area contributed by atoms with Crippen LogP contribution in [0.4, 0.5) is 0 Å². The number of benzene rings is 2. The normalized spacial score (nSPS) is 12.4. The molecule has 1 heteroatoms. The van der Waals surface area contributed by atoms with E-state index in [1.165, 1.54) is 30.2 Å². The van der Waals surface area contributed by atoms with Gasteiger partial charge in [0.25, 0.3) is 0 Å². The quantitative estimate of drug-likeness (QED) is 0.301. The fourth-order valence-corrected chi connectivity index (χ4v) is 2.51. The summed E-state index contributed by atoms with van der Waals surface area (Å²) >= 11 is 0. The molecule has 1 nitrogen and oxygen atoms in total. The lowest BCUT2D eigenvalue weighted by molar-refractivity contribution is 0.469. The van der Waals surface area contributed by atoms with Gasteiger partial charge in [0.15, 0.2) is 0 Å². The van der Waals surface area contributed by atoms with Crippen molar-refractivity contribution in [3.8, 4) is 0 Å². The van der Waals surface area contributed by atoms with Crippen LogP contribution in [0.5, 0.6) is 0 Å². The Morgan fingerprint density at radius 3 is 1.11 bits per heavy atom. The van der Waals surface area contributed by atoms with Crippen LogP contribution >= 0.6 is 0 Å². The molecule has 1 aromatic heterocycles. The standard InChI is InChI=1S/C9H10.C8H7N.4C5H12/c1-2-5-9-7-3-6-8(9)4-1;1-2-4-8-7(3-1)5-6-9-8;4*1-5(2,3)4/h1-2,4-5H,3,6-7H2;1-6,9H;4*1-4H3. The van der Waals surface area contributed by atoms with Gasteiger partial charge in [-0.3, -0.25) is 0 Å². The summed E-state index contributed by atoms with van der Waals surface area (Å²) in [6, 6.07) is 19.0. The topological polar surface area (TPSA) is 15.8 Å². The maximum absolute atomic E-state index is 3.12. The lowest BCUT2D eigenvalue weighted by Crippen LogP contribution is -1.93. The highest BCUT2D eigenvalue weighted by molar-refractivity contribution is 5.78. The van der Waals surface area contributed by atoms with Gasteiger partial charge in [0.05, 0.1) is 0 Å². The number of aromatic nitrogens is 1. The Hall–Kier alpha value is -2.02. The molecule has 38 heavy (non-hydrogen) atoms. The van der Waals surface area contributed by atoms with Gasteiger partial charge in [-0.15, -0.1) is 0 Å². The number of rotatable bonds is 0. The van der Waals surface area contributed by atoms with Crippen LogP contribution in [0.1, 0.15) is 128 Å². The lowest BCUT2D eigenvalue weighted by Gasteiger charge is -2.05. The summed E-state index contributed by atoms with van der Waals surface area (Å²) in [5.74, 6) is 0. The molecule has 1 aliphatic rings. The Bertz CT molecular complexity index is 837. The zero-order chi connectivity index (χ0) is 30.2. The first-order chi connectivity index (χ1) is 16.9. The Balaban J connectivity index is 0. The molecule has 0 radical (unpaired) electrons. The molecule has 3 aromatic rings. The highest BCUT2D eigenvalue weighted by Crippen LogP contribution is 2.20. The first kappa shape index (κ1) is 38.1. The van der Waals surface area contributed by atoms with Gasteiger partial charge >= 0.3 is 0 Å². The Labute approximate surface area is 239 Å². The molecule has 1 heterocycles. The zero-order valence-electron chi connectivity index (χ0n) is 28.4. The molecular formula is C37H65N. The Kier molecular flexibility index (Phi) is 17.6. The molecule has 0 fully saturated rings. The second-order valence-corrected chi connectivity index (χ2v) is 16.7. The molecule has 218 valence electrons. The minimum atomic E-state index is 0.500. The second-order valence-electron chi connectivity index (χ2n) is 16.7. The average molecular weight is 524 g/mol. The van der Waals surface area contributed by atoms with Crippen molar-refractivity contribution in [2.45, 2.75) is 130 Å². The molecule has 0 saturated carbocycles. The number of fused-ring (bicyclic) bond motifs is 2. The van der Waals surface area contributed by atoms with Crippen LogP contribution in [-0.4, -0.2) is 4.98 Å². The van der Waals surface area contributed by atoms with E-state index in [1.54, 1.807) is 11.1 Å². The smallest absolute Gasteiger partial charge is 0.0453 e. The van der Waals surface area contributed by atoms with E-state index in [-0.39, 0.29) is 0 Å².